The summed E-state index contributed by atoms with van der Waals surface area (Å²) in [6.07, 6.45) is 0. The molecule has 2 heterocycles. The molecule has 59 heavy (non-hydrogen) atoms. The number of aromatic nitrogens is 3. The SMILES string of the molecule is c1ccc(-c2cccc(-c3nc(-c4ccc5c(c4)oc4cccc(-c6cccc(-c7ccccc7)c6)c45)nc(-c4ccc(-c5ccccc5)c5ccccc45)n3)c2)cc1. The number of hydrogen-bond donors (Lipinski definition) is 0. The maximum absolute atomic E-state index is 6.63. The zero-order valence-corrected chi connectivity index (χ0v) is 32.0. The lowest BCUT2D eigenvalue weighted by atomic mass is 9.94. The van der Waals surface area contributed by atoms with Crippen LogP contribution in [0.3, 0.4) is 0 Å². The van der Waals surface area contributed by atoms with E-state index in [9.17, 15) is 0 Å². The molecule has 0 saturated carbocycles. The molecule has 0 radical (unpaired) electrons. The molecule has 0 N–H and O–H groups in total. The van der Waals surface area contributed by atoms with Crippen LogP contribution in [0.4, 0.5) is 0 Å². The smallest absolute Gasteiger partial charge is 0.164 e. The van der Waals surface area contributed by atoms with Gasteiger partial charge in [0.05, 0.1) is 0 Å². The predicted octanol–water partition coefficient (Wildman–Crippen LogP) is 14.6. The Balaban J connectivity index is 1.07. The Kier molecular flexibility index (Phi) is 8.45. The van der Waals surface area contributed by atoms with Crippen LogP contribution in [0.2, 0.25) is 0 Å². The normalized spacial score (nSPS) is 11.4. The largest absolute Gasteiger partial charge is 0.456 e. The lowest BCUT2D eigenvalue weighted by molar-refractivity contribution is 0.669. The zero-order chi connectivity index (χ0) is 39.1. The van der Waals surface area contributed by atoms with Crippen molar-refractivity contribution in [3.8, 4) is 78.7 Å². The van der Waals surface area contributed by atoms with Gasteiger partial charge in [-0.25, -0.2) is 15.0 Å². The minimum atomic E-state index is 0.574. The van der Waals surface area contributed by atoms with Crippen LogP contribution < -0.4 is 0 Å². The van der Waals surface area contributed by atoms with Crippen molar-refractivity contribution in [3.05, 3.63) is 212 Å². The average Bonchev–Trinajstić information content (AvgIpc) is 3.70. The average molecular weight is 754 g/mol. The summed E-state index contributed by atoms with van der Waals surface area (Å²) in [5.74, 6) is 1.78. The fraction of sp³-hybridized carbons (Fsp3) is 0. The van der Waals surface area contributed by atoms with E-state index in [-0.39, 0.29) is 0 Å². The van der Waals surface area contributed by atoms with Crippen LogP contribution in [0.1, 0.15) is 0 Å². The van der Waals surface area contributed by atoms with Gasteiger partial charge in [0.15, 0.2) is 17.5 Å². The van der Waals surface area contributed by atoms with Gasteiger partial charge >= 0.3 is 0 Å². The number of hydrogen-bond acceptors (Lipinski definition) is 4. The zero-order valence-electron chi connectivity index (χ0n) is 32.0. The van der Waals surface area contributed by atoms with E-state index < -0.39 is 0 Å². The Labute approximate surface area is 341 Å². The minimum absolute atomic E-state index is 0.574. The Hall–Kier alpha value is -7.95. The minimum Gasteiger partial charge on any atom is -0.456 e. The summed E-state index contributed by atoms with van der Waals surface area (Å²) in [6, 6.07) is 74.0. The molecule has 0 amide bonds. The van der Waals surface area contributed by atoms with E-state index in [4.69, 9.17) is 19.4 Å². The third-order valence-corrected chi connectivity index (χ3v) is 11.1. The van der Waals surface area contributed by atoms with Crippen LogP contribution in [0, 0.1) is 0 Å². The van der Waals surface area contributed by atoms with E-state index in [1.165, 1.54) is 11.1 Å². The Morgan fingerprint density at radius 1 is 0.254 bits per heavy atom. The lowest BCUT2D eigenvalue weighted by Gasteiger charge is -2.13. The van der Waals surface area contributed by atoms with Gasteiger partial charge in [-0.15, -0.1) is 0 Å². The third kappa shape index (κ3) is 6.34. The Morgan fingerprint density at radius 3 is 1.42 bits per heavy atom. The standard InChI is InChI=1S/C55H35N3O/c1-4-15-36(16-5-1)39-21-12-23-41(33-39)45-27-14-28-50-52(45)49-30-29-43(35-51(49)59-50)54-56-53(42-24-13-22-40(34-42)37-17-6-2-7-18-37)57-55(58-54)48-32-31-44(38-19-8-3-9-20-38)46-25-10-11-26-47(46)48/h1-35H. The molecule has 4 heteroatoms. The first-order chi connectivity index (χ1) is 29.2. The van der Waals surface area contributed by atoms with Gasteiger partial charge in [-0.2, -0.15) is 0 Å². The maximum Gasteiger partial charge on any atom is 0.164 e. The molecule has 0 unspecified atom stereocenters. The van der Waals surface area contributed by atoms with Crippen LogP contribution in [0.15, 0.2) is 217 Å². The third-order valence-electron chi connectivity index (χ3n) is 11.1. The first-order valence-corrected chi connectivity index (χ1v) is 19.8. The van der Waals surface area contributed by atoms with Crippen LogP contribution in [-0.4, -0.2) is 15.0 Å². The van der Waals surface area contributed by atoms with Gasteiger partial charge in [0.1, 0.15) is 11.2 Å². The van der Waals surface area contributed by atoms with Crippen molar-refractivity contribution in [1.29, 1.82) is 0 Å². The van der Waals surface area contributed by atoms with Crippen molar-refractivity contribution in [3.63, 3.8) is 0 Å². The molecule has 0 aliphatic carbocycles. The Morgan fingerprint density at radius 2 is 0.746 bits per heavy atom. The highest BCUT2D eigenvalue weighted by molar-refractivity contribution is 6.13. The molecule has 11 rings (SSSR count). The molecule has 0 fully saturated rings. The molecule has 9 aromatic carbocycles. The van der Waals surface area contributed by atoms with Gasteiger partial charge in [0.25, 0.3) is 0 Å². The number of nitrogens with zero attached hydrogens (tertiary/aromatic N) is 3. The van der Waals surface area contributed by atoms with Crippen molar-refractivity contribution in [1.82, 2.24) is 15.0 Å². The van der Waals surface area contributed by atoms with Gasteiger partial charge in [-0.3, -0.25) is 0 Å². The maximum atomic E-state index is 6.63. The molecule has 0 aliphatic heterocycles. The first-order valence-electron chi connectivity index (χ1n) is 19.8. The van der Waals surface area contributed by atoms with E-state index in [0.29, 0.717) is 17.5 Å². The van der Waals surface area contributed by atoms with Gasteiger partial charge in [0.2, 0.25) is 0 Å². The van der Waals surface area contributed by atoms with E-state index >= 15 is 0 Å². The van der Waals surface area contributed by atoms with Gasteiger partial charge in [-0.1, -0.05) is 176 Å². The number of furan rings is 1. The topological polar surface area (TPSA) is 51.8 Å². The second kappa shape index (κ2) is 14.5. The summed E-state index contributed by atoms with van der Waals surface area (Å²) < 4.78 is 6.63. The van der Waals surface area contributed by atoms with E-state index in [1.807, 2.05) is 24.3 Å². The molecule has 0 saturated heterocycles. The van der Waals surface area contributed by atoms with E-state index in [0.717, 1.165) is 82.8 Å². The summed E-state index contributed by atoms with van der Waals surface area (Å²) in [5.41, 5.74) is 13.5. The van der Waals surface area contributed by atoms with E-state index in [2.05, 4.69) is 188 Å². The van der Waals surface area contributed by atoms with Crippen molar-refractivity contribution in [2.45, 2.75) is 0 Å². The Bertz CT molecular complexity index is 3320. The van der Waals surface area contributed by atoms with Crippen molar-refractivity contribution in [2.75, 3.05) is 0 Å². The quantitative estimate of drug-likeness (QED) is 0.163. The molecule has 4 nitrogen and oxygen atoms in total. The predicted molar refractivity (Wildman–Crippen MR) is 243 cm³/mol. The molecule has 0 bridgehead atoms. The highest BCUT2D eigenvalue weighted by Gasteiger charge is 2.19. The molecule has 2 aromatic heterocycles. The monoisotopic (exact) mass is 753 g/mol. The van der Waals surface area contributed by atoms with Gasteiger partial charge in [-0.05, 0) is 91.7 Å². The van der Waals surface area contributed by atoms with Crippen molar-refractivity contribution in [2.24, 2.45) is 0 Å². The molecule has 11 aromatic rings. The first kappa shape index (κ1) is 34.3. The number of benzene rings is 9. The fourth-order valence-corrected chi connectivity index (χ4v) is 8.29. The molecular formula is C55H35N3O. The molecular weight excluding hydrogens is 719 g/mol. The summed E-state index contributed by atoms with van der Waals surface area (Å²) in [6.45, 7) is 0. The summed E-state index contributed by atoms with van der Waals surface area (Å²) >= 11 is 0. The summed E-state index contributed by atoms with van der Waals surface area (Å²) in [7, 11) is 0. The second-order valence-corrected chi connectivity index (χ2v) is 14.8. The molecule has 0 spiro atoms. The molecule has 276 valence electrons. The highest BCUT2D eigenvalue weighted by Crippen LogP contribution is 2.40. The lowest BCUT2D eigenvalue weighted by Crippen LogP contribution is -2.01. The van der Waals surface area contributed by atoms with Gasteiger partial charge < -0.3 is 4.42 Å². The number of rotatable bonds is 7. The van der Waals surface area contributed by atoms with E-state index in [1.54, 1.807) is 0 Å². The summed E-state index contributed by atoms with van der Waals surface area (Å²) in [5, 5.41) is 4.34. The van der Waals surface area contributed by atoms with Crippen LogP contribution in [0.25, 0.3) is 111 Å². The summed E-state index contributed by atoms with van der Waals surface area (Å²) in [4.78, 5) is 15.6. The molecule has 0 aliphatic rings. The van der Waals surface area contributed by atoms with Crippen molar-refractivity contribution >= 4 is 32.7 Å². The highest BCUT2D eigenvalue weighted by atomic mass is 16.3. The number of fused-ring (bicyclic) bond motifs is 4. The van der Waals surface area contributed by atoms with Crippen molar-refractivity contribution < 1.29 is 4.42 Å². The molecule has 0 atom stereocenters. The second-order valence-electron chi connectivity index (χ2n) is 14.8. The fourth-order valence-electron chi connectivity index (χ4n) is 8.29. The van der Waals surface area contributed by atoms with Crippen LogP contribution >= 0.6 is 0 Å². The van der Waals surface area contributed by atoms with Crippen LogP contribution in [0.5, 0.6) is 0 Å². The van der Waals surface area contributed by atoms with Gasteiger partial charge in [0, 0.05) is 27.5 Å². The van der Waals surface area contributed by atoms with Crippen LogP contribution in [-0.2, 0) is 0 Å².